The molecule has 1 amide bonds. The Labute approximate surface area is 192 Å². The van der Waals surface area contributed by atoms with Crippen LogP contribution in [0, 0.1) is 11.3 Å². The lowest BCUT2D eigenvalue weighted by molar-refractivity contribution is -0.137. The number of nitriles is 1. The summed E-state index contributed by atoms with van der Waals surface area (Å²) in [4.78, 5) is 31.7. The lowest BCUT2D eigenvalue weighted by Crippen LogP contribution is -2.25. The van der Waals surface area contributed by atoms with E-state index in [2.05, 4.69) is 15.3 Å². The molecule has 34 heavy (non-hydrogen) atoms. The SMILES string of the molecule is CC(=O)[C@H](C)Nc1cc(C(N)=O)nc(-c2ccc(Oc3ccc(C(F)(F)F)c(C#N)c3)cc2)n1. The minimum absolute atomic E-state index is 0.0500. The van der Waals surface area contributed by atoms with Gasteiger partial charge in [-0.05, 0) is 56.3 Å². The zero-order chi connectivity index (χ0) is 25.0. The molecule has 3 aromatic rings. The number of hydrogen-bond donors (Lipinski definition) is 2. The summed E-state index contributed by atoms with van der Waals surface area (Å²) in [5, 5.41) is 11.9. The summed E-state index contributed by atoms with van der Waals surface area (Å²) < 4.78 is 44.4. The molecule has 0 fully saturated rings. The number of ketones is 1. The van der Waals surface area contributed by atoms with E-state index in [1.165, 1.54) is 31.2 Å². The van der Waals surface area contributed by atoms with Crippen LogP contribution in [0.3, 0.4) is 0 Å². The molecule has 3 N–H and O–H groups in total. The van der Waals surface area contributed by atoms with Crippen LogP contribution >= 0.6 is 0 Å². The number of nitrogens with zero attached hydrogens (tertiary/aromatic N) is 3. The molecule has 0 unspecified atom stereocenters. The quantitative estimate of drug-likeness (QED) is 0.527. The number of nitrogens with two attached hydrogens (primary N) is 1. The van der Waals surface area contributed by atoms with Gasteiger partial charge in [0.1, 0.15) is 23.0 Å². The number of amides is 1. The lowest BCUT2D eigenvalue weighted by Gasteiger charge is -2.13. The van der Waals surface area contributed by atoms with Crippen LogP contribution < -0.4 is 15.8 Å². The second-order valence-corrected chi connectivity index (χ2v) is 7.25. The largest absolute Gasteiger partial charge is 0.457 e. The molecule has 0 aliphatic heterocycles. The lowest BCUT2D eigenvalue weighted by atomic mass is 10.1. The highest BCUT2D eigenvalue weighted by Gasteiger charge is 2.33. The summed E-state index contributed by atoms with van der Waals surface area (Å²) in [5.74, 6) is -0.197. The van der Waals surface area contributed by atoms with Crippen LogP contribution in [0.15, 0.2) is 48.5 Å². The van der Waals surface area contributed by atoms with Crippen molar-refractivity contribution < 1.29 is 27.5 Å². The van der Waals surface area contributed by atoms with Gasteiger partial charge >= 0.3 is 6.18 Å². The molecule has 1 aromatic heterocycles. The van der Waals surface area contributed by atoms with Crippen molar-refractivity contribution in [3.8, 4) is 29.0 Å². The molecule has 1 atom stereocenters. The number of aromatic nitrogens is 2. The standard InChI is InChI=1S/C23H18F3N5O3/c1-12(13(2)32)29-20-10-19(21(28)33)30-22(31-20)14-3-5-16(6-4-14)34-17-7-8-18(23(24,25)26)15(9-17)11-27/h3-10,12H,1-2H3,(H2,28,33)(H,29,30,31)/t12-/m0/s1. The average Bonchev–Trinajstić information content (AvgIpc) is 2.78. The van der Waals surface area contributed by atoms with Gasteiger partial charge in [-0.1, -0.05) is 0 Å². The van der Waals surface area contributed by atoms with Crippen LogP contribution in [-0.2, 0) is 11.0 Å². The number of carbonyl (C=O) groups is 2. The molecule has 11 heteroatoms. The van der Waals surface area contributed by atoms with Crippen LogP contribution in [0.5, 0.6) is 11.5 Å². The number of carbonyl (C=O) groups excluding carboxylic acids is 2. The number of primary amides is 1. The number of anilines is 1. The van der Waals surface area contributed by atoms with E-state index in [0.717, 1.165) is 18.2 Å². The second-order valence-electron chi connectivity index (χ2n) is 7.25. The van der Waals surface area contributed by atoms with E-state index in [1.807, 2.05) is 0 Å². The van der Waals surface area contributed by atoms with Crippen molar-refractivity contribution in [1.82, 2.24) is 9.97 Å². The minimum Gasteiger partial charge on any atom is -0.457 e. The predicted octanol–water partition coefficient (Wildman–Crippen LogP) is 4.31. The van der Waals surface area contributed by atoms with Gasteiger partial charge in [-0.3, -0.25) is 9.59 Å². The molecular weight excluding hydrogens is 451 g/mol. The first-order valence-corrected chi connectivity index (χ1v) is 9.83. The fraction of sp³-hybridized carbons (Fsp3) is 0.174. The summed E-state index contributed by atoms with van der Waals surface area (Å²) in [6.45, 7) is 3.04. The smallest absolute Gasteiger partial charge is 0.417 e. The third kappa shape index (κ3) is 5.66. The van der Waals surface area contributed by atoms with Gasteiger partial charge in [0, 0.05) is 11.6 Å². The first kappa shape index (κ1) is 24.2. The number of rotatable bonds is 7. The first-order chi connectivity index (χ1) is 16.0. The highest BCUT2D eigenvalue weighted by Crippen LogP contribution is 2.34. The van der Waals surface area contributed by atoms with Crippen molar-refractivity contribution in [2.45, 2.75) is 26.1 Å². The van der Waals surface area contributed by atoms with Crippen LogP contribution in [0.2, 0.25) is 0 Å². The first-order valence-electron chi connectivity index (χ1n) is 9.83. The predicted molar refractivity (Wildman–Crippen MR) is 116 cm³/mol. The van der Waals surface area contributed by atoms with Crippen molar-refractivity contribution in [3.05, 3.63) is 65.4 Å². The Kier molecular flexibility index (Phi) is 6.81. The zero-order valence-electron chi connectivity index (χ0n) is 18.0. The monoisotopic (exact) mass is 469 g/mol. The highest BCUT2D eigenvalue weighted by atomic mass is 19.4. The molecule has 0 radical (unpaired) electrons. The van der Waals surface area contributed by atoms with Gasteiger partial charge in [0.2, 0.25) is 0 Å². The van der Waals surface area contributed by atoms with E-state index in [9.17, 15) is 22.8 Å². The molecule has 174 valence electrons. The molecule has 0 saturated heterocycles. The Morgan fingerprint density at radius 1 is 1.09 bits per heavy atom. The molecule has 2 aromatic carbocycles. The van der Waals surface area contributed by atoms with Crippen LogP contribution in [0.4, 0.5) is 19.0 Å². The van der Waals surface area contributed by atoms with Crippen molar-refractivity contribution in [2.24, 2.45) is 5.73 Å². The Balaban J connectivity index is 1.87. The number of hydrogen-bond acceptors (Lipinski definition) is 7. The number of Topliss-reactive ketones (excluding diaryl/α,β-unsaturated/α-hetero) is 1. The summed E-state index contributed by atoms with van der Waals surface area (Å²) >= 11 is 0. The second kappa shape index (κ2) is 9.58. The van der Waals surface area contributed by atoms with E-state index < -0.39 is 29.3 Å². The molecule has 0 aliphatic rings. The van der Waals surface area contributed by atoms with Crippen molar-refractivity contribution >= 4 is 17.5 Å². The maximum absolute atomic E-state index is 13.0. The Morgan fingerprint density at radius 3 is 2.29 bits per heavy atom. The Morgan fingerprint density at radius 2 is 1.74 bits per heavy atom. The zero-order valence-corrected chi connectivity index (χ0v) is 18.0. The van der Waals surface area contributed by atoms with Gasteiger partial charge in [-0.25, -0.2) is 9.97 Å². The van der Waals surface area contributed by atoms with Gasteiger partial charge in [-0.15, -0.1) is 0 Å². The van der Waals surface area contributed by atoms with Gasteiger partial charge < -0.3 is 15.8 Å². The summed E-state index contributed by atoms with van der Waals surface area (Å²) in [6.07, 6.45) is -4.65. The molecule has 0 saturated carbocycles. The fourth-order valence-electron chi connectivity index (χ4n) is 2.83. The van der Waals surface area contributed by atoms with Crippen LogP contribution in [0.25, 0.3) is 11.4 Å². The van der Waals surface area contributed by atoms with Gasteiger partial charge in [0.15, 0.2) is 11.6 Å². The van der Waals surface area contributed by atoms with E-state index in [4.69, 9.17) is 15.7 Å². The molecule has 0 bridgehead atoms. The molecule has 1 heterocycles. The number of nitrogens with one attached hydrogen (secondary N) is 1. The number of alkyl halides is 3. The van der Waals surface area contributed by atoms with Crippen LogP contribution in [0.1, 0.15) is 35.5 Å². The van der Waals surface area contributed by atoms with E-state index in [-0.39, 0.29) is 34.6 Å². The summed E-state index contributed by atoms with van der Waals surface area (Å²) in [7, 11) is 0. The maximum Gasteiger partial charge on any atom is 0.417 e. The van der Waals surface area contributed by atoms with E-state index >= 15 is 0 Å². The normalized spacial score (nSPS) is 11.9. The molecule has 0 aliphatic carbocycles. The van der Waals surface area contributed by atoms with Gasteiger partial charge in [0.25, 0.3) is 5.91 Å². The van der Waals surface area contributed by atoms with Crippen molar-refractivity contribution in [2.75, 3.05) is 5.32 Å². The van der Waals surface area contributed by atoms with Crippen molar-refractivity contribution in [1.29, 1.82) is 5.26 Å². The van der Waals surface area contributed by atoms with Crippen LogP contribution in [-0.4, -0.2) is 27.7 Å². The topological polar surface area (TPSA) is 131 Å². The molecule has 0 spiro atoms. The minimum atomic E-state index is -4.65. The Hall–Kier alpha value is -4.46. The fourth-order valence-corrected chi connectivity index (χ4v) is 2.83. The highest BCUT2D eigenvalue weighted by molar-refractivity contribution is 5.92. The molecule has 8 nitrogen and oxygen atoms in total. The number of ether oxygens (including phenoxy) is 1. The van der Waals surface area contributed by atoms with E-state index in [1.54, 1.807) is 19.1 Å². The van der Waals surface area contributed by atoms with Gasteiger partial charge in [-0.2, -0.15) is 18.4 Å². The van der Waals surface area contributed by atoms with E-state index in [0.29, 0.717) is 5.56 Å². The number of benzene rings is 2. The molecular formula is C23H18F3N5O3. The number of halogens is 3. The van der Waals surface area contributed by atoms with Crippen molar-refractivity contribution in [3.63, 3.8) is 0 Å². The average molecular weight is 469 g/mol. The summed E-state index contributed by atoms with van der Waals surface area (Å²) in [6, 6.07) is 11.4. The third-order valence-electron chi connectivity index (χ3n) is 4.72. The third-order valence-corrected chi connectivity index (χ3v) is 4.72. The summed E-state index contributed by atoms with van der Waals surface area (Å²) in [5.41, 5.74) is 4.18. The maximum atomic E-state index is 13.0. The Bertz CT molecular complexity index is 1280. The van der Waals surface area contributed by atoms with Gasteiger partial charge in [0.05, 0.1) is 23.2 Å². The molecule has 3 rings (SSSR count).